The Kier molecular flexibility index (Phi) is 4.73. The van der Waals surface area contributed by atoms with E-state index < -0.39 is 16.9 Å². The smallest absolute Gasteiger partial charge is 0.303 e. The van der Waals surface area contributed by atoms with Gasteiger partial charge in [0.2, 0.25) is 0 Å². The zero-order chi connectivity index (χ0) is 18.8. The Morgan fingerprint density at radius 2 is 2.00 bits per heavy atom. The van der Waals surface area contributed by atoms with Crippen LogP contribution in [0.25, 0.3) is 6.08 Å². The molecule has 1 fully saturated rings. The fourth-order valence-corrected chi connectivity index (χ4v) is 2.82. The van der Waals surface area contributed by atoms with Crippen LogP contribution in [0.2, 0.25) is 5.02 Å². The zero-order valence-corrected chi connectivity index (χ0v) is 14.5. The predicted octanol–water partition coefficient (Wildman–Crippen LogP) is 3.65. The molecule has 0 bridgehead atoms. The van der Waals surface area contributed by atoms with Crippen LogP contribution >= 0.6 is 11.6 Å². The third kappa shape index (κ3) is 3.57. The Morgan fingerprint density at radius 3 is 2.69 bits per heavy atom. The third-order valence-corrected chi connectivity index (χ3v) is 4.18. The number of halogens is 1. The fourth-order valence-electron chi connectivity index (χ4n) is 2.63. The summed E-state index contributed by atoms with van der Waals surface area (Å²) in [7, 11) is 0. The van der Waals surface area contributed by atoms with Crippen molar-refractivity contribution < 1.29 is 14.5 Å². The van der Waals surface area contributed by atoms with E-state index in [4.69, 9.17) is 11.6 Å². The highest BCUT2D eigenvalue weighted by Gasteiger charge is 2.33. The number of aryl methyl sites for hydroxylation is 1. The van der Waals surface area contributed by atoms with Gasteiger partial charge in [-0.25, -0.2) is 4.79 Å². The number of nitro groups is 1. The van der Waals surface area contributed by atoms with Gasteiger partial charge in [-0.3, -0.25) is 19.8 Å². The number of nitrogens with zero attached hydrogens (tertiary/aromatic N) is 2. The van der Waals surface area contributed by atoms with Crippen LogP contribution in [0.5, 0.6) is 0 Å². The van der Waals surface area contributed by atoms with Crippen LogP contribution in [0.3, 0.4) is 0 Å². The summed E-state index contributed by atoms with van der Waals surface area (Å²) in [5, 5.41) is 13.5. The van der Waals surface area contributed by atoms with Crippen LogP contribution in [-0.2, 0) is 11.3 Å². The molecule has 0 saturated carbocycles. The van der Waals surface area contributed by atoms with Crippen LogP contribution in [0.1, 0.15) is 16.7 Å². The number of carbonyl (C=O) groups excluding carboxylic acids is 2. The van der Waals surface area contributed by atoms with Gasteiger partial charge in [-0.05, 0) is 30.2 Å². The first kappa shape index (κ1) is 17.6. The van der Waals surface area contributed by atoms with Crippen LogP contribution in [-0.4, -0.2) is 21.8 Å². The van der Waals surface area contributed by atoms with Crippen molar-refractivity contribution in [3.8, 4) is 0 Å². The minimum atomic E-state index is -0.608. The summed E-state index contributed by atoms with van der Waals surface area (Å²) < 4.78 is 0. The highest BCUT2D eigenvalue weighted by Crippen LogP contribution is 2.26. The van der Waals surface area contributed by atoms with Crippen LogP contribution in [0.15, 0.2) is 48.2 Å². The van der Waals surface area contributed by atoms with Gasteiger partial charge in [-0.15, -0.1) is 0 Å². The number of rotatable bonds is 4. The van der Waals surface area contributed by atoms with Crippen molar-refractivity contribution >= 4 is 35.3 Å². The second-order valence-corrected chi connectivity index (χ2v) is 6.24. The van der Waals surface area contributed by atoms with E-state index in [2.05, 4.69) is 5.32 Å². The molecule has 8 heteroatoms. The Balaban J connectivity index is 1.85. The molecule has 1 saturated heterocycles. The van der Waals surface area contributed by atoms with Crippen molar-refractivity contribution in [3.05, 3.63) is 80.0 Å². The maximum atomic E-state index is 12.5. The minimum absolute atomic E-state index is 0.00000740. The van der Waals surface area contributed by atoms with Gasteiger partial charge in [-0.1, -0.05) is 47.5 Å². The molecular weight excluding hydrogens is 358 g/mol. The maximum Gasteiger partial charge on any atom is 0.329 e. The van der Waals surface area contributed by atoms with Crippen molar-refractivity contribution in [2.45, 2.75) is 13.5 Å². The number of imide groups is 1. The fraction of sp³-hybridized carbons (Fsp3) is 0.111. The lowest BCUT2D eigenvalue weighted by molar-refractivity contribution is -0.384. The second-order valence-electron chi connectivity index (χ2n) is 5.84. The molecule has 0 aromatic heterocycles. The van der Waals surface area contributed by atoms with Crippen molar-refractivity contribution in [1.82, 2.24) is 10.2 Å². The SMILES string of the molecule is Cc1cccc(CN2C(=O)N/C(=C/c3ccc(Cl)c([N+](=O)[O-])c3)C2=O)c1. The van der Waals surface area contributed by atoms with Gasteiger partial charge in [0.05, 0.1) is 11.5 Å². The Bertz CT molecular complexity index is 955. The van der Waals surface area contributed by atoms with Gasteiger partial charge < -0.3 is 5.32 Å². The first-order chi connectivity index (χ1) is 12.3. The largest absolute Gasteiger partial charge is 0.329 e. The van der Waals surface area contributed by atoms with Gasteiger partial charge in [0, 0.05) is 6.07 Å². The van der Waals surface area contributed by atoms with Gasteiger partial charge in [0.15, 0.2) is 0 Å². The summed E-state index contributed by atoms with van der Waals surface area (Å²) in [4.78, 5) is 36.1. The molecule has 7 nitrogen and oxygen atoms in total. The molecule has 0 atom stereocenters. The first-order valence-electron chi connectivity index (χ1n) is 7.69. The summed E-state index contributed by atoms with van der Waals surface area (Å²) >= 11 is 5.78. The predicted molar refractivity (Wildman–Crippen MR) is 96.3 cm³/mol. The lowest BCUT2D eigenvalue weighted by Crippen LogP contribution is -2.30. The summed E-state index contributed by atoms with van der Waals surface area (Å²) in [6.45, 7) is 2.07. The molecular formula is C18H14ClN3O4. The molecule has 1 heterocycles. The number of amides is 3. The molecule has 26 heavy (non-hydrogen) atoms. The van der Waals surface area contributed by atoms with E-state index in [0.29, 0.717) is 5.56 Å². The van der Waals surface area contributed by atoms with E-state index in [1.54, 1.807) is 0 Å². The summed E-state index contributed by atoms with van der Waals surface area (Å²) in [6, 6.07) is 11.1. The van der Waals surface area contributed by atoms with Crippen molar-refractivity contribution in [2.24, 2.45) is 0 Å². The molecule has 1 aliphatic heterocycles. The molecule has 0 aliphatic carbocycles. The van der Waals surface area contributed by atoms with E-state index in [1.165, 1.54) is 24.3 Å². The number of carbonyl (C=O) groups is 2. The molecule has 1 N–H and O–H groups in total. The molecule has 2 aromatic rings. The van der Waals surface area contributed by atoms with Crippen molar-refractivity contribution in [2.75, 3.05) is 0 Å². The lowest BCUT2D eigenvalue weighted by atomic mass is 10.1. The monoisotopic (exact) mass is 371 g/mol. The number of nitro benzene ring substituents is 1. The summed E-state index contributed by atoms with van der Waals surface area (Å²) in [6.07, 6.45) is 1.39. The summed E-state index contributed by atoms with van der Waals surface area (Å²) in [5.74, 6) is -0.492. The minimum Gasteiger partial charge on any atom is -0.303 e. The third-order valence-electron chi connectivity index (χ3n) is 3.86. The Morgan fingerprint density at radius 1 is 1.23 bits per heavy atom. The van der Waals surface area contributed by atoms with E-state index in [-0.39, 0.29) is 23.0 Å². The lowest BCUT2D eigenvalue weighted by Gasteiger charge is -2.12. The molecule has 0 spiro atoms. The zero-order valence-electron chi connectivity index (χ0n) is 13.7. The number of urea groups is 1. The van der Waals surface area contributed by atoms with E-state index in [1.807, 2.05) is 31.2 Å². The van der Waals surface area contributed by atoms with Crippen LogP contribution in [0, 0.1) is 17.0 Å². The maximum absolute atomic E-state index is 12.5. The van der Waals surface area contributed by atoms with E-state index in [9.17, 15) is 19.7 Å². The number of hydrogen-bond acceptors (Lipinski definition) is 4. The normalized spacial score (nSPS) is 15.5. The molecule has 0 unspecified atom stereocenters. The quantitative estimate of drug-likeness (QED) is 0.384. The van der Waals surface area contributed by atoms with Crippen molar-refractivity contribution in [3.63, 3.8) is 0 Å². The topological polar surface area (TPSA) is 92.6 Å². The molecule has 132 valence electrons. The molecule has 3 rings (SSSR count). The second kappa shape index (κ2) is 6.97. The first-order valence-corrected chi connectivity index (χ1v) is 8.07. The molecule has 2 aromatic carbocycles. The van der Waals surface area contributed by atoms with Gasteiger partial charge >= 0.3 is 6.03 Å². The standard InChI is InChI=1S/C18H14ClN3O4/c1-11-3-2-4-13(7-11)10-21-17(23)15(20-18(21)24)8-12-5-6-14(19)16(9-12)22(25)26/h2-9H,10H2,1H3,(H,20,24)/b15-8+. The Hall–Kier alpha value is -3.19. The summed E-state index contributed by atoms with van der Waals surface area (Å²) in [5.41, 5.74) is 2.03. The average molecular weight is 372 g/mol. The Labute approximate surface area is 154 Å². The molecule has 0 radical (unpaired) electrons. The van der Waals surface area contributed by atoms with Gasteiger partial charge in [0.1, 0.15) is 10.7 Å². The number of nitrogens with one attached hydrogen (secondary N) is 1. The average Bonchev–Trinajstić information content (AvgIpc) is 2.84. The number of benzene rings is 2. The van der Waals surface area contributed by atoms with Crippen molar-refractivity contribution in [1.29, 1.82) is 0 Å². The van der Waals surface area contributed by atoms with Gasteiger partial charge in [0.25, 0.3) is 11.6 Å². The van der Waals surface area contributed by atoms with E-state index >= 15 is 0 Å². The molecule has 3 amide bonds. The van der Waals surface area contributed by atoms with E-state index in [0.717, 1.165) is 16.0 Å². The van der Waals surface area contributed by atoms with Gasteiger partial charge in [-0.2, -0.15) is 0 Å². The van der Waals surface area contributed by atoms with Crippen LogP contribution < -0.4 is 5.32 Å². The number of hydrogen-bond donors (Lipinski definition) is 1. The highest BCUT2D eigenvalue weighted by molar-refractivity contribution is 6.32. The highest BCUT2D eigenvalue weighted by atomic mass is 35.5. The molecule has 1 aliphatic rings. The van der Waals surface area contributed by atoms with Crippen LogP contribution in [0.4, 0.5) is 10.5 Å².